The van der Waals surface area contributed by atoms with Gasteiger partial charge in [0, 0.05) is 0 Å². The maximum absolute atomic E-state index is 10.5. The Hall–Kier alpha value is -0.820. The summed E-state index contributed by atoms with van der Waals surface area (Å²) >= 11 is 0. The van der Waals surface area contributed by atoms with Gasteiger partial charge in [-0.15, -0.1) is 0 Å². The van der Waals surface area contributed by atoms with Crippen LogP contribution in [0.3, 0.4) is 0 Å². The number of rotatable bonds is 2. The topological polar surface area (TPSA) is 20.2 Å². The molecule has 0 radical (unpaired) electrons. The molecule has 0 amide bonds. The molecule has 2 unspecified atom stereocenters. The summed E-state index contributed by atoms with van der Waals surface area (Å²) in [4.78, 5) is 0. The molecule has 17 heavy (non-hydrogen) atoms. The zero-order valence-corrected chi connectivity index (χ0v) is 10.4. The third-order valence-electron chi connectivity index (χ3n) is 4.75. The summed E-state index contributed by atoms with van der Waals surface area (Å²) in [6.07, 6.45) is 8.52. The summed E-state index contributed by atoms with van der Waals surface area (Å²) in [6, 6.07) is 8.74. The molecule has 0 saturated heterocycles. The second-order valence-electron chi connectivity index (χ2n) is 5.81. The van der Waals surface area contributed by atoms with E-state index < -0.39 is 0 Å². The van der Waals surface area contributed by atoms with E-state index >= 15 is 0 Å². The maximum Gasteiger partial charge on any atom is 0.0599 e. The van der Waals surface area contributed by atoms with Crippen molar-refractivity contribution >= 4 is 0 Å². The smallest absolute Gasteiger partial charge is 0.0599 e. The number of aliphatic hydroxyl groups is 1. The fourth-order valence-corrected chi connectivity index (χ4v) is 3.70. The molecule has 2 aliphatic carbocycles. The molecule has 1 fully saturated rings. The van der Waals surface area contributed by atoms with Crippen LogP contribution in [0.1, 0.15) is 43.2 Å². The first-order valence-corrected chi connectivity index (χ1v) is 7.09. The number of fused-ring (bicyclic) bond motifs is 1. The molecule has 0 bridgehead atoms. The van der Waals surface area contributed by atoms with Crippen LogP contribution in [-0.4, -0.2) is 11.2 Å². The van der Waals surface area contributed by atoms with Crippen LogP contribution in [0.25, 0.3) is 0 Å². The van der Waals surface area contributed by atoms with Gasteiger partial charge in [-0.1, -0.05) is 37.1 Å². The van der Waals surface area contributed by atoms with Gasteiger partial charge in [0.05, 0.1) is 6.10 Å². The van der Waals surface area contributed by atoms with Crippen molar-refractivity contribution in [3.8, 4) is 0 Å². The first-order chi connectivity index (χ1) is 8.34. The summed E-state index contributed by atoms with van der Waals surface area (Å²) in [5.41, 5.74) is 2.98. The molecule has 0 aliphatic heterocycles. The second-order valence-corrected chi connectivity index (χ2v) is 5.81. The fraction of sp³-hybridized carbons (Fsp3) is 0.625. The van der Waals surface area contributed by atoms with Crippen LogP contribution in [-0.2, 0) is 12.8 Å². The summed E-state index contributed by atoms with van der Waals surface area (Å²) in [5.74, 6) is 1.10. The normalized spacial score (nSPS) is 26.8. The molecule has 1 nitrogen and oxygen atoms in total. The first-order valence-electron chi connectivity index (χ1n) is 7.09. The van der Waals surface area contributed by atoms with Crippen molar-refractivity contribution in [2.45, 2.75) is 51.0 Å². The Morgan fingerprint density at radius 3 is 2.41 bits per heavy atom. The van der Waals surface area contributed by atoms with E-state index in [9.17, 15) is 5.11 Å². The molecule has 1 aromatic carbocycles. The van der Waals surface area contributed by atoms with Gasteiger partial charge >= 0.3 is 0 Å². The molecule has 3 rings (SSSR count). The second kappa shape index (κ2) is 4.81. The molecule has 1 heteroatoms. The minimum atomic E-state index is -0.0501. The molecule has 2 atom stereocenters. The quantitative estimate of drug-likeness (QED) is 0.826. The van der Waals surface area contributed by atoms with Crippen molar-refractivity contribution in [3.63, 3.8) is 0 Å². The molecule has 0 aromatic heterocycles. The SMILES string of the molecule is OC(C1CCCC1)C1CCc2ccccc2C1. The lowest BCUT2D eigenvalue weighted by Gasteiger charge is -2.31. The zero-order valence-electron chi connectivity index (χ0n) is 10.4. The average molecular weight is 230 g/mol. The van der Waals surface area contributed by atoms with Gasteiger partial charge < -0.3 is 5.11 Å². The summed E-state index contributed by atoms with van der Waals surface area (Å²) in [5, 5.41) is 10.5. The average Bonchev–Trinajstić information content (AvgIpc) is 2.91. The van der Waals surface area contributed by atoms with Gasteiger partial charge in [0.2, 0.25) is 0 Å². The van der Waals surface area contributed by atoms with E-state index in [0.717, 1.165) is 12.8 Å². The molecule has 1 N–H and O–H groups in total. The number of aliphatic hydroxyl groups excluding tert-OH is 1. The van der Waals surface area contributed by atoms with Crippen molar-refractivity contribution in [2.75, 3.05) is 0 Å². The van der Waals surface area contributed by atoms with Crippen molar-refractivity contribution in [3.05, 3.63) is 35.4 Å². The highest BCUT2D eigenvalue weighted by Gasteiger charge is 2.31. The van der Waals surface area contributed by atoms with E-state index in [1.807, 2.05) is 0 Å². The molecule has 92 valence electrons. The van der Waals surface area contributed by atoms with Gasteiger partial charge in [0.25, 0.3) is 0 Å². The Labute approximate surface area is 104 Å². The largest absolute Gasteiger partial charge is 0.393 e. The highest BCUT2D eigenvalue weighted by molar-refractivity contribution is 5.29. The Bertz CT molecular complexity index is 379. The van der Waals surface area contributed by atoms with Gasteiger partial charge in [0.15, 0.2) is 0 Å². The summed E-state index contributed by atoms with van der Waals surface area (Å²) in [6.45, 7) is 0. The Morgan fingerprint density at radius 2 is 1.65 bits per heavy atom. The number of aryl methyl sites for hydroxylation is 1. The van der Waals surface area contributed by atoms with Gasteiger partial charge in [-0.3, -0.25) is 0 Å². The lowest BCUT2D eigenvalue weighted by Crippen LogP contribution is -2.32. The van der Waals surface area contributed by atoms with E-state index in [2.05, 4.69) is 24.3 Å². The van der Waals surface area contributed by atoms with Crippen molar-refractivity contribution in [2.24, 2.45) is 11.8 Å². The number of benzene rings is 1. The van der Waals surface area contributed by atoms with Crippen LogP contribution in [0.5, 0.6) is 0 Å². The van der Waals surface area contributed by atoms with Crippen LogP contribution < -0.4 is 0 Å². The molecule has 1 aromatic rings. The Kier molecular flexibility index (Phi) is 3.19. The third-order valence-corrected chi connectivity index (χ3v) is 4.75. The molecular weight excluding hydrogens is 208 g/mol. The minimum Gasteiger partial charge on any atom is -0.393 e. The zero-order chi connectivity index (χ0) is 11.7. The van der Waals surface area contributed by atoms with Crippen LogP contribution >= 0.6 is 0 Å². The van der Waals surface area contributed by atoms with Crippen molar-refractivity contribution < 1.29 is 5.11 Å². The molecule has 2 aliphatic rings. The lowest BCUT2D eigenvalue weighted by atomic mass is 9.77. The predicted molar refractivity (Wildman–Crippen MR) is 69.9 cm³/mol. The molecular formula is C16H22O. The Balaban J connectivity index is 1.70. The highest BCUT2D eigenvalue weighted by atomic mass is 16.3. The van der Waals surface area contributed by atoms with E-state index in [1.54, 1.807) is 0 Å². The third kappa shape index (κ3) is 2.26. The number of hydrogen-bond acceptors (Lipinski definition) is 1. The Morgan fingerprint density at radius 1 is 0.941 bits per heavy atom. The molecule has 1 saturated carbocycles. The summed E-state index contributed by atoms with van der Waals surface area (Å²) in [7, 11) is 0. The standard InChI is InChI=1S/C16H22O/c17-16(13-6-2-3-7-13)15-10-9-12-5-1-4-8-14(12)11-15/h1,4-5,8,13,15-17H,2-3,6-7,9-11H2. The van der Waals surface area contributed by atoms with E-state index in [-0.39, 0.29) is 6.10 Å². The van der Waals surface area contributed by atoms with Crippen molar-refractivity contribution in [1.29, 1.82) is 0 Å². The maximum atomic E-state index is 10.5. The minimum absolute atomic E-state index is 0.0501. The lowest BCUT2D eigenvalue weighted by molar-refractivity contribution is 0.0462. The van der Waals surface area contributed by atoms with Crippen LogP contribution in [0.15, 0.2) is 24.3 Å². The predicted octanol–water partition coefficient (Wildman–Crippen LogP) is 3.34. The van der Waals surface area contributed by atoms with E-state index in [1.165, 1.54) is 43.2 Å². The molecule has 0 spiro atoms. The monoisotopic (exact) mass is 230 g/mol. The van der Waals surface area contributed by atoms with Gasteiger partial charge in [-0.25, -0.2) is 0 Å². The van der Waals surface area contributed by atoms with Gasteiger partial charge in [-0.2, -0.15) is 0 Å². The van der Waals surface area contributed by atoms with Crippen LogP contribution in [0, 0.1) is 11.8 Å². The first kappa shape index (κ1) is 11.3. The van der Waals surface area contributed by atoms with Gasteiger partial charge in [-0.05, 0) is 55.1 Å². The summed E-state index contributed by atoms with van der Waals surface area (Å²) < 4.78 is 0. The van der Waals surface area contributed by atoms with E-state index in [0.29, 0.717) is 11.8 Å². The number of hydrogen-bond donors (Lipinski definition) is 1. The highest BCUT2D eigenvalue weighted by Crippen LogP contribution is 2.36. The van der Waals surface area contributed by atoms with E-state index in [4.69, 9.17) is 0 Å². The van der Waals surface area contributed by atoms with Crippen LogP contribution in [0.2, 0.25) is 0 Å². The van der Waals surface area contributed by atoms with Crippen molar-refractivity contribution in [1.82, 2.24) is 0 Å². The molecule has 0 heterocycles. The fourth-order valence-electron chi connectivity index (χ4n) is 3.70. The van der Waals surface area contributed by atoms with Crippen LogP contribution in [0.4, 0.5) is 0 Å². The van der Waals surface area contributed by atoms with Gasteiger partial charge in [0.1, 0.15) is 0 Å².